The van der Waals surface area contributed by atoms with Crippen LogP contribution in [0.5, 0.6) is 5.75 Å². The van der Waals surface area contributed by atoms with Gasteiger partial charge in [0.2, 0.25) is 0 Å². The summed E-state index contributed by atoms with van der Waals surface area (Å²) in [7, 11) is 1.69. The van der Waals surface area contributed by atoms with Gasteiger partial charge in [0.05, 0.1) is 11.9 Å². The first kappa shape index (κ1) is 12.1. The van der Waals surface area contributed by atoms with Crippen molar-refractivity contribution in [3.8, 4) is 5.75 Å². The molecule has 0 N–H and O–H groups in total. The predicted octanol–water partition coefficient (Wildman–Crippen LogP) is 5.00. The van der Waals surface area contributed by atoms with Crippen LogP contribution in [0.4, 0.5) is 0 Å². The Morgan fingerprint density at radius 1 is 1.31 bits per heavy atom. The first-order valence-corrected chi connectivity index (χ1v) is 7.32. The number of methoxy groups -OCH3 is 1. The van der Waals surface area contributed by atoms with Gasteiger partial charge >= 0.3 is 0 Å². The molecule has 1 aromatic heterocycles. The number of ether oxygens (including phenoxy) is 1. The summed E-state index contributed by atoms with van der Waals surface area (Å²) in [5.74, 6) is 0.893. The number of hydrogen-bond acceptors (Lipinski definition) is 2. The van der Waals surface area contributed by atoms with Crippen LogP contribution in [-0.4, -0.2) is 7.11 Å². The summed E-state index contributed by atoms with van der Waals surface area (Å²) in [6.45, 7) is 0. The molecule has 0 saturated carbocycles. The molecule has 0 aliphatic carbocycles. The van der Waals surface area contributed by atoms with Crippen LogP contribution in [0.1, 0.15) is 15.3 Å². The normalized spacial score (nSPS) is 12.4. The van der Waals surface area contributed by atoms with Crippen molar-refractivity contribution >= 4 is 43.2 Å². The average molecular weight is 362 g/mol. The zero-order valence-electron chi connectivity index (χ0n) is 8.61. The van der Waals surface area contributed by atoms with Crippen molar-refractivity contribution in [1.82, 2.24) is 0 Å². The van der Waals surface area contributed by atoms with Crippen LogP contribution in [0.25, 0.3) is 0 Å². The van der Waals surface area contributed by atoms with Gasteiger partial charge < -0.3 is 4.74 Å². The molecule has 1 unspecified atom stereocenters. The Labute approximate surface area is 116 Å². The summed E-state index contributed by atoms with van der Waals surface area (Å²) in [4.78, 5) is 1.47. The Morgan fingerprint density at radius 3 is 2.75 bits per heavy atom. The molecule has 1 nitrogen and oxygen atoms in total. The standard InChI is InChI=1S/C12H10Br2OS/c1-15-10-7-8(13)4-5-9(10)12(14)11-3-2-6-16-11/h2-7,12H,1H3. The quantitative estimate of drug-likeness (QED) is 0.698. The van der Waals surface area contributed by atoms with Crippen LogP contribution < -0.4 is 4.74 Å². The summed E-state index contributed by atoms with van der Waals surface area (Å²) >= 11 is 8.88. The lowest BCUT2D eigenvalue weighted by atomic mass is 10.1. The lowest BCUT2D eigenvalue weighted by Gasteiger charge is -2.13. The van der Waals surface area contributed by atoms with Crippen molar-refractivity contribution in [2.75, 3.05) is 7.11 Å². The van der Waals surface area contributed by atoms with Crippen molar-refractivity contribution in [3.63, 3.8) is 0 Å². The molecule has 0 amide bonds. The van der Waals surface area contributed by atoms with Crippen LogP contribution in [0.15, 0.2) is 40.2 Å². The van der Waals surface area contributed by atoms with E-state index < -0.39 is 0 Å². The van der Waals surface area contributed by atoms with Gasteiger partial charge in [-0.25, -0.2) is 0 Å². The van der Waals surface area contributed by atoms with Gasteiger partial charge in [-0.2, -0.15) is 0 Å². The topological polar surface area (TPSA) is 9.23 Å². The summed E-state index contributed by atoms with van der Waals surface area (Å²) in [6, 6.07) is 10.3. The lowest BCUT2D eigenvalue weighted by molar-refractivity contribution is 0.410. The molecular weight excluding hydrogens is 352 g/mol. The maximum atomic E-state index is 5.39. The maximum absolute atomic E-state index is 5.39. The van der Waals surface area contributed by atoms with E-state index in [0.29, 0.717) is 0 Å². The average Bonchev–Trinajstić information content (AvgIpc) is 2.81. The molecule has 2 rings (SSSR count). The van der Waals surface area contributed by atoms with Crippen LogP contribution >= 0.6 is 43.2 Å². The molecule has 0 aliphatic heterocycles. The van der Waals surface area contributed by atoms with Crippen LogP contribution in [-0.2, 0) is 0 Å². The zero-order chi connectivity index (χ0) is 11.5. The molecule has 2 aromatic rings. The monoisotopic (exact) mass is 360 g/mol. The molecule has 84 valence electrons. The molecule has 1 atom stereocenters. The third-order valence-corrected chi connectivity index (χ3v) is 4.98. The molecule has 1 heterocycles. The molecule has 4 heteroatoms. The van der Waals surface area contributed by atoms with Gasteiger partial charge in [-0.3, -0.25) is 0 Å². The highest BCUT2D eigenvalue weighted by atomic mass is 79.9. The molecule has 0 aliphatic rings. The van der Waals surface area contributed by atoms with Gasteiger partial charge in [-0.1, -0.05) is 44.0 Å². The molecule has 0 spiro atoms. The molecule has 1 aromatic carbocycles. The minimum atomic E-state index is 0.190. The highest BCUT2D eigenvalue weighted by molar-refractivity contribution is 9.10. The molecule has 0 saturated heterocycles. The Bertz CT molecular complexity index is 468. The van der Waals surface area contributed by atoms with E-state index in [4.69, 9.17) is 4.74 Å². The zero-order valence-corrected chi connectivity index (χ0v) is 12.6. The molecule has 16 heavy (non-hydrogen) atoms. The van der Waals surface area contributed by atoms with Crippen molar-refractivity contribution in [2.45, 2.75) is 4.83 Å². The number of thiophene rings is 1. The summed E-state index contributed by atoms with van der Waals surface area (Å²) in [5.41, 5.74) is 1.15. The van der Waals surface area contributed by atoms with Crippen molar-refractivity contribution < 1.29 is 4.74 Å². The van der Waals surface area contributed by atoms with E-state index in [9.17, 15) is 0 Å². The van der Waals surface area contributed by atoms with Gasteiger partial charge in [-0.15, -0.1) is 11.3 Å². The third-order valence-electron chi connectivity index (χ3n) is 2.26. The van der Waals surface area contributed by atoms with Crippen molar-refractivity contribution in [1.29, 1.82) is 0 Å². The number of halogens is 2. The van der Waals surface area contributed by atoms with Gasteiger partial charge in [-0.05, 0) is 23.6 Å². The first-order valence-electron chi connectivity index (χ1n) is 4.73. The largest absolute Gasteiger partial charge is 0.496 e. The molecule has 0 fully saturated rings. The number of hydrogen-bond donors (Lipinski definition) is 0. The second-order valence-corrected chi connectivity index (χ2v) is 6.07. The Hall–Kier alpha value is -0.320. The molecular formula is C12H10Br2OS. The lowest BCUT2D eigenvalue weighted by Crippen LogP contribution is -1.95. The Morgan fingerprint density at radius 2 is 2.12 bits per heavy atom. The fraction of sp³-hybridized carbons (Fsp3) is 0.167. The maximum Gasteiger partial charge on any atom is 0.124 e. The number of rotatable bonds is 3. The van der Waals surface area contributed by atoms with E-state index in [-0.39, 0.29) is 4.83 Å². The Kier molecular flexibility index (Phi) is 4.05. The van der Waals surface area contributed by atoms with Crippen molar-refractivity contribution in [3.05, 3.63) is 50.6 Å². The van der Waals surface area contributed by atoms with E-state index in [2.05, 4.69) is 55.4 Å². The SMILES string of the molecule is COc1cc(Br)ccc1C(Br)c1cccs1. The van der Waals surface area contributed by atoms with E-state index in [1.807, 2.05) is 12.1 Å². The second kappa shape index (κ2) is 5.34. The second-order valence-electron chi connectivity index (χ2n) is 3.26. The fourth-order valence-electron chi connectivity index (χ4n) is 1.48. The van der Waals surface area contributed by atoms with Crippen LogP contribution in [0.3, 0.4) is 0 Å². The van der Waals surface area contributed by atoms with Crippen LogP contribution in [0.2, 0.25) is 0 Å². The summed E-state index contributed by atoms with van der Waals surface area (Å²) in [5, 5.41) is 2.08. The molecule has 0 bridgehead atoms. The first-order chi connectivity index (χ1) is 7.72. The highest BCUT2D eigenvalue weighted by Crippen LogP contribution is 2.39. The summed E-state index contributed by atoms with van der Waals surface area (Å²) in [6.07, 6.45) is 0. The predicted molar refractivity (Wildman–Crippen MR) is 75.8 cm³/mol. The van der Waals surface area contributed by atoms with Gasteiger partial charge in [0.1, 0.15) is 5.75 Å². The highest BCUT2D eigenvalue weighted by Gasteiger charge is 2.16. The van der Waals surface area contributed by atoms with Gasteiger partial charge in [0, 0.05) is 14.9 Å². The van der Waals surface area contributed by atoms with E-state index in [1.165, 1.54) is 4.88 Å². The van der Waals surface area contributed by atoms with E-state index in [1.54, 1.807) is 18.4 Å². The smallest absolute Gasteiger partial charge is 0.124 e. The minimum absolute atomic E-state index is 0.190. The Balaban J connectivity index is 2.40. The number of alkyl halides is 1. The minimum Gasteiger partial charge on any atom is -0.496 e. The van der Waals surface area contributed by atoms with Gasteiger partial charge in [0.25, 0.3) is 0 Å². The van der Waals surface area contributed by atoms with E-state index in [0.717, 1.165) is 15.8 Å². The third kappa shape index (κ3) is 2.50. The fourth-order valence-corrected chi connectivity index (χ4v) is 3.40. The summed E-state index contributed by atoms with van der Waals surface area (Å²) < 4.78 is 6.42. The van der Waals surface area contributed by atoms with Crippen molar-refractivity contribution in [2.24, 2.45) is 0 Å². The van der Waals surface area contributed by atoms with Gasteiger partial charge in [0.15, 0.2) is 0 Å². The van der Waals surface area contributed by atoms with E-state index >= 15 is 0 Å². The van der Waals surface area contributed by atoms with Crippen LogP contribution in [0, 0.1) is 0 Å². The number of benzene rings is 1. The molecule has 0 radical (unpaired) electrons.